The van der Waals surface area contributed by atoms with Gasteiger partial charge in [-0.25, -0.2) is 0 Å². The third-order valence-corrected chi connectivity index (χ3v) is 6.05. The SMILES string of the molecule is N=C1NC(c2cccc(Nc3ccccc3Cl)c2Cl)CC(=O)N1C1CCOCC1. The summed E-state index contributed by atoms with van der Waals surface area (Å²) >= 11 is 12.9. The summed E-state index contributed by atoms with van der Waals surface area (Å²) in [6, 6.07) is 12.7. The lowest BCUT2D eigenvalue weighted by atomic mass is 9.98. The molecule has 0 aliphatic carbocycles. The fourth-order valence-electron chi connectivity index (χ4n) is 3.82. The van der Waals surface area contributed by atoms with Crippen molar-refractivity contribution in [1.82, 2.24) is 10.2 Å². The Labute approximate surface area is 179 Å². The molecule has 4 rings (SSSR count). The maximum Gasteiger partial charge on any atom is 0.231 e. The Hall–Kier alpha value is -2.28. The van der Waals surface area contributed by atoms with E-state index < -0.39 is 0 Å². The van der Waals surface area contributed by atoms with Crippen molar-refractivity contribution in [3.05, 3.63) is 58.1 Å². The Morgan fingerprint density at radius 3 is 2.52 bits per heavy atom. The number of nitrogens with zero attached hydrogens (tertiary/aromatic N) is 1. The summed E-state index contributed by atoms with van der Waals surface area (Å²) in [5, 5.41) is 15.9. The van der Waals surface area contributed by atoms with Crippen LogP contribution in [0.4, 0.5) is 11.4 Å². The van der Waals surface area contributed by atoms with Crippen LogP contribution in [-0.2, 0) is 9.53 Å². The van der Waals surface area contributed by atoms with Gasteiger partial charge in [-0.2, -0.15) is 0 Å². The molecule has 0 saturated carbocycles. The zero-order valence-electron chi connectivity index (χ0n) is 15.8. The van der Waals surface area contributed by atoms with Crippen LogP contribution < -0.4 is 10.6 Å². The van der Waals surface area contributed by atoms with E-state index >= 15 is 0 Å². The summed E-state index contributed by atoms with van der Waals surface area (Å²) in [4.78, 5) is 14.4. The highest BCUT2D eigenvalue weighted by atomic mass is 35.5. The second-order valence-corrected chi connectivity index (χ2v) is 7.96. The van der Waals surface area contributed by atoms with Gasteiger partial charge in [-0.15, -0.1) is 0 Å². The first-order valence-electron chi connectivity index (χ1n) is 9.59. The molecule has 0 aromatic heterocycles. The van der Waals surface area contributed by atoms with Crippen molar-refractivity contribution < 1.29 is 9.53 Å². The molecule has 1 amide bonds. The average Bonchev–Trinajstić information content (AvgIpc) is 2.71. The van der Waals surface area contributed by atoms with Gasteiger partial charge in [0, 0.05) is 19.3 Å². The summed E-state index contributed by atoms with van der Waals surface area (Å²) in [5.74, 6) is 0.0601. The molecule has 8 heteroatoms. The van der Waals surface area contributed by atoms with Gasteiger partial charge in [0.15, 0.2) is 5.96 Å². The molecule has 29 heavy (non-hydrogen) atoms. The van der Waals surface area contributed by atoms with Crippen LogP contribution in [0.1, 0.15) is 30.9 Å². The van der Waals surface area contributed by atoms with Crippen molar-refractivity contribution in [3.63, 3.8) is 0 Å². The number of amides is 1. The molecule has 2 heterocycles. The summed E-state index contributed by atoms with van der Waals surface area (Å²) in [7, 11) is 0. The standard InChI is InChI=1S/C21H22Cl2N4O2/c22-15-5-1-2-6-16(15)25-17-7-3-4-14(20(17)23)18-12-19(28)27(21(24)26-18)13-8-10-29-11-9-13/h1-7,13,18,25H,8-12H2,(H2,24,26). The lowest BCUT2D eigenvalue weighted by molar-refractivity contribution is -0.132. The molecule has 2 aromatic carbocycles. The largest absolute Gasteiger partial charge is 0.381 e. The first-order chi connectivity index (χ1) is 14.0. The number of benzene rings is 2. The van der Waals surface area contributed by atoms with Gasteiger partial charge in [0.05, 0.1) is 33.9 Å². The van der Waals surface area contributed by atoms with Crippen LogP contribution in [0.5, 0.6) is 0 Å². The first-order valence-corrected chi connectivity index (χ1v) is 10.3. The number of carbonyl (C=O) groups excluding carboxylic acids is 1. The average molecular weight is 433 g/mol. The molecule has 0 radical (unpaired) electrons. The summed E-state index contributed by atoms with van der Waals surface area (Å²) in [6.07, 6.45) is 1.74. The minimum Gasteiger partial charge on any atom is -0.381 e. The number of para-hydroxylation sites is 1. The van der Waals surface area contributed by atoms with E-state index in [2.05, 4.69) is 10.6 Å². The van der Waals surface area contributed by atoms with Gasteiger partial charge in [0.25, 0.3) is 0 Å². The summed E-state index contributed by atoms with van der Waals surface area (Å²) in [5.41, 5.74) is 2.22. The van der Waals surface area contributed by atoms with E-state index in [0.29, 0.717) is 28.9 Å². The van der Waals surface area contributed by atoms with Crippen molar-refractivity contribution in [2.24, 2.45) is 0 Å². The summed E-state index contributed by atoms with van der Waals surface area (Å²) in [6.45, 7) is 1.24. The van der Waals surface area contributed by atoms with Crippen LogP contribution in [0.25, 0.3) is 0 Å². The number of guanidine groups is 1. The van der Waals surface area contributed by atoms with Crippen LogP contribution in [0, 0.1) is 5.41 Å². The number of anilines is 2. The van der Waals surface area contributed by atoms with Gasteiger partial charge in [-0.3, -0.25) is 15.1 Å². The monoisotopic (exact) mass is 432 g/mol. The number of halogens is 2. The Morgan fingerprint density at radius 2 is 1.79 bits per heavy atom. The molecule has 1 atom stereocenters. The van der Waals surface area contributed by atoms with Gasteiger partial charge in [-0.1, -0.05) is 47.5 Å². The molecule has 0 spiro atoms. The van der Waals surface area contributed by atoms with Crippen LogP contribution in [-0.4, -0.2) is 36.0 Å². The fraction of sp³-hybridized carbons (Fsp3) is 0.333. The second-order valence-electron chi connectivity index (χ2n) is 7.17. The van der Waals surface area contributed by atoms with Crippen LogP contribution in [0.2, 0.25) is 10.0 Å². The third kappa shape index (κ3) is 4.20. The normalized spacial score (nSPS) is 20.5. The first kappa shape index (κ1) is 20.0. The quantitative estimate of drug-likeness (QED) is 0.653. The lowest BCUT2D eigenvalue weighted by Gasteiger charge is -2.40. The smallest absolute Gasteiger partial charge is 0.231 e. The van der Waals surface area contributed by atoms with E-state index in [1.165, 1.54) is 0 Å². The third-order valence-electron chi connectivity index (χ3n) is 5.30. The van der Waals surface area contributed by atoms with Crippen molar-refractivity contribution in [2.45, 2.75) is 31.3 Å². The van der Waals surface area contributed by atoms with E-state index in [1.807, 2.05) is 36.4 Å². The van der Waals surface area contributed by atoms with Crippen LogP contribution >= 0.6 is 23.2 Å². The van der Waals surface area contributed by atoms with Crippen LogP contribution in [0.15, 0.2) is 42.5 Å². The highest BCUT2D eigenvalue weighted by Crippen LogP contribution is 2.36. The van der Waals surface area contributed by atoms with Gasteiger partial charge >= 0.3 is 0 Å². The Bertz CT molecular complexity index is 913. The van der Waals surface area contributed by atoms with Gasteiger partial charge in [0.2, 0.25) is 5.91 Å². The van der Waals surface area contributed by atoms with Crippen molar-refractivity contribution in [3.8, 4) is 0 Å². The number of nitrogens with one attached hydrogen (secondary N) is 3. The highest BCUT2D eigenvalue weighted by Gasteiger charge is 2.36. The Morgan fingerprint density at radius 1 is 1.07 bits per heavy atom. The molecule has 2 aliphatic rings. The molecule has 3 N–H and O–H groups in total. The van der Waals surface area contributed by atoms with E-state index in [1.54, 1.807) is 11.0 Å². The minimum absolute atomic E-state index is 0.0147. The minimum atomic E-state index is -0.355. The molecule has 2 fully saturated rings. The van der Waals surface area contributed by atoms with Crippen molar-refractivity contribution >= 4 is 46.4 Å². The zero-order chi connectivity index (χ0) is 20.4. The van der Waals surface area contributed by atoms with E-state index in [-0.39, 0.29) is 30.4 Å². The topological polar surface area (TPSA) is 77.5 Å². The number of hydrogen-bond acceptors (Lipinski definition) is 4. The van der Waals surface area contributed by atoms with Gasteiger partial charge < -0.3 is 15.4 Å². The predicted octanol–water partition coefficient (Wildman–Crippen LogP) is 4.71. The Balaban J connectivity index is 1.54. The molecule has 2 saturated heterocycles. The molecule has 6 nitrogen and oxygen atoms in total. The number of rotatable bonds is 4. The van der Waals surface area contributed by atoms with E-state index in [9.17, 15) is 4.79 Å². The lowest BCUT2D eigenvalue weighted by Crippen LogP contribution is -2.56. The van der Waals surface area contributed by atoms with Gasteiger partial charge in [0.1, 0.15) is 0 Å². The number of carbonyl (C=O) groups is 1. The predicted molar refractivity (Wildman–Crippen MR) is 115 cm³/mol. The molecule has 0 bridgehead atoms. The van der Waals surface area contributed by atoms with E-state index in [4.69, 9.17) is 33.3 Å². The Kier molecular flexibility index (Phi) is 5.94. The number of ether oxygens (including phenoxy) is 1. The van der Waals surface area contributed by atoms with E-state index in [0.717, 1.165) is 24.1 Å². The zero-order valence-corrected chi connectivity index (χ0v) is 17.3. The molecule has 1 unspecified atom stereocenters. The maximum absolute atomic E-state index is 12.8. The number of hydrogen-bond donors (Lipinski definition) is 3. The fourth-order valence-corrected chi connectivity index (χ4v) is 4.31. The molecule has 152 valence electrons. The van der Waals surface area contributed by atoms with Crippen LogP contribution in [0.3, 0.4) is 0 Å². The highest BCUT2D eigenvalue weighted by molar-refractivity contribution is 6.35. The maximum atomic E-state index is 12.8. The second kappa shape index (κ2) is 8.61. The molecule has 2 aliphatic heterocycles. The summed E-state index contributed by atoms with van der Waals surface area (Å²) < 4.78 is 5.37. The van der Waals surface area contributed by atoms with Crippen molar-refractivity contribution in [1.29, 1.82) is 5.41 Å². The van der Waals surface area contributed by atoms with Gasteiger partial charge in [-0.05, 0) is 36.6 Å². The molecular formula is C21H22Cl2N4O2. The molecular weight excluding hydrogens is 411 g/mol. The molecule has 2 aromatic rings. The van der Waals surface area contributed by atoms with Crippen molar-refractivity contribution in [2.75, 3.05) is 18.5 Å².